The molecule has 14 heavy (non-hydrogen) atoms. The molecule has 0 saturated heterocycles. The van der Waals surface area contributed by atoms with Crippen LogP contribution in [-0.2, 0) is 4.79 Å². The molecule has 0 unspecified atom stereocenters. The summed E-state index contributed by atoms with van der Waals surface area (Å²) in [6.45, 7) is 3.00. The average molecular weight is 211 g/mol. The number of Topliss-reactive ketones (excluding diaryl/α,β-unsaturated/α-hetero) is 1. The van der Waals surface area contributed by atoms with Gasteiger partial charge in [0.1, 0.15) is 11.3 Å². The largest absolute Gasteiger partial charge is 0.304 e. The van der Waals surface area contributed by atoms with E-state index < -0.39 is 0 Å². The van der Waals surface area contributed by atoms with E-state index in [-0.39, 0.29) is 5.78 Å². The molecule has 0 spiro atoms. The number of rotatable bonds is 2. The highest BCUT2D eigenvalue weighted by Crippen LogP contribution is 2.16. The summed E-state index contributed by atoms with van der Waals surface area (Å²) >= 11 is 1.49. The fourth-order valence-electron chi connectivity index (χ4n) is 0.821. The van der Waals surface area contributed by atoms with Crippen molar-refractivity contribution in [2.45, 2.75) is 18.9 Å². The van der Waals surface area contributed by atoms with Crippen molar-refractivity contribution in [3.63, 3.8) is 0 Å². The van der Waals surface area contributed by atoms with Crippen LogP contribution in [0.3, 0.4) is 0 Å². The minimum Gasteiger partial charge on any atom is -0.304 e. The molecule has 76 valence electrons. The molecule has 1 heterocycles. The first-order valence-electron chi connectivity index (χ1n) is 4.07. The van der Waals surface area contributed by atoms with E-state index in [4.69, 9.17) is 4.79 Å². The molecule has 0 aliphatic carbocycles. The van der Waals surface area contributed by atoms with Crippen LogP contribution in [-0.4, -0.2) is 23.3 Å². The van der Waals surface area contributed by atoms with Crippen LogP contribution >= 0.6 is 11.8 Å². The summed E-state index contributed by atoms with van der Waals surface area (Å²) in [5.41, 5.74) is 0.708. The highest BCUT2D eigenvalue weighted by molar-refractivity contribution is 7.98. The molecular weight excluding hydrogens is 198 g/mol. The molecule has 0 aromatic carbocycles. The minimum absolute atomic E-state index is 0.0717. The molecule has 0 amide bonds. The van der Waals surface area contributed by atoms with Gasteiger partial charge in [0.05, 0.1) is 0 Å². The van der Waals surface area contributed by atoms with E-state index in [2.05, 4.69) is 4.98 Å². The fourth-order valence-corrected chi connectivity index (χ4v) is 1.42. The Bertz CT molecular complexity index is 313. The van der Waals surface area contributed by atoms with Gasteiger partial charge < -0.3 is 4.79 Å². The van der Waals surface area contributed by atoms with Crippen LogP contribution in [0.2, 0.25) is 0 Å². The van der Waals surface area contributed by atoms with Crippen molar-refractivity contribution < 1.29 is 9.59 Å². The molecule has 1 rings (SSSR count). The second-order valence-corrected chi connectivity index (χ2v) is 3.15. The van der Waals surface area contributed by atoms with Crippen LogP contribution in [0.5, 0.6) is 0 Å². The van der Waals surface area contributed by atoms with E-state index in [9.17, 15) is 4.79 Å². The Kier molecular flexibility index (Phi) is 6.66. The number of carbonyl (C=O) groups is 2. The summed E-state index contributed by atoms with van der Waals surface area (Å²) in [4.78, 5) is 23.8. The van der Waals surface area contributed by atoms with Gasteiger partial charge in [-0.15, -0.1) is 11.8 Å². The van der Waals surface area contributed by atoms with Crippen LogP contribution < -0.4 is 0 Å². The lowest BCUT2D eigenvalue weighted by Gasteiger charge is -1.99. The molecule has 0 radical (unpaired) electrons. The van der Waals surface area contributed by atoms with Gasteiger partial charge in [0.25, 0.3) is 0 Å². The maximum absolute atomic E-state index is 11.0. The number of hydrogen-bond donors (Lipinski definition) is 0. The topological polar surface area (TPSA) is 47.0 Å². The smallest absolute Gasteiger partial charge is 0.162 e. The zero-order chi connectivity index (χ0) is 11.0. The van der Waals surface area contributed by atoms with Crippen molar-refractivity contribution in [2.75, 3.05) is 6.26 Å². The molecule has 3 nitrogen and oxygen atoms in total. The Hall–Kier alpha value is -1.16. The van der Waals surface area contributed by atoms with Crippen molar-refractivity contribution in [1.82, 2.24) is 4.98 Å². The molecule has 0 aliphatic rings. The second-order valence-electron chi connectivity index (χ2n) is 2.35. The Labute approximate surface area is 87.9 Å². The predicted molar refractivity (Wildman–Crippen MR) is 57.8 cm³/mol. The standard InChI is InChI=1S/C8H9NOS.C2H4O/c1-6(10)7-4-3-5-9-8(7)11-2;1-2-3/h3-5H,1-2H3;2H,1H3. The number of ketones is 1. The molecular formula is C10H13NO2S. The monoisotopic (exact) mass is 211 g/mol. The molecule has 0 bridgehead atoms. The highest BCUT2D eigenvalue weighted by atomic mass is 32.2. The third-order valence-electron chi connectivity index (χ3n) is 1.34. The third kappa shape index (κ3) is 4.18. The van der Waals surface area contributed by atoms with Gasteiger partial charge in [0.15, 0.2) is 5.78 Å². The molecule has 0 fully saturated rings. The lowest BCUT2D eigenvalue weighted by Crippen LogP contribution is -1.95. The van der Waals surface area contributed by atoms with E-state index in [0.29, 0.717) is 5.56 Å². The zero-order valence-electron chi connectivity index (χ0n) is 8.48. The lowest BCUT2D eigenvalue weighted by molar-refractivity contribution is -0.106. The summed E-state index contributed by atoms with van der Waals surface area (Å²) in [6.07, 6.45) is 4.35. The average Bonchev–Trinajstić information content (AvgIpc) is 2.19. The lowest BCUT2D eigenvalue weighted by atomic mass is 10.2. The van der Waals surface area contributed by atoms with Gasteiger partial charge in [-0.05, 0) is 32.2 Å². The van der Waals surface area contributed by atoms with Crippen LogP contribution in [0, 0.1) is 0 Å². The number of pyridine rings is 1. The molecule has 1 aromatic heterocycles. The Morgan fingerprint density at radius 3 is 2.50 bits per heavy atom. The number of nitrogens with zero attached hydrogens (tertiary/aromatic N) is 1. The quantitative estimate of drug-likeness (QED) is 0.427. The van der Waals surface area contributed by atoms with Gasteiger partial charge >= 0.3 is 0 Å². The van der Waals surface area contributed by atoms with E-state index in [1.807, 2.05) is 6.26 Å². The summed E-state index contributed by atoms with van der Waals surface area (Å²) in [6, 6.07) is 3.57. The zero-order valence-corrected chi connectivity index (χ0v) is 9.30. The molecule has 4 heteroatoms. The summed E-state index contributed by atoms with van der Waals surface area (Å²) in [5.74, 6) is 0.0717. The number of carbonyl (C=O) groups excluding carboxylic acids is 2. The number of aldehydes is 1. The van der Waals surface area contributed by atoms with Gasteiger partial charge in [-0.3, -0.25) is 4.79 Å². The van der Waals surface area contributed by atoms with Crippen molar-refractivity contribution in [2.24, 2.45) is 0 Å². The fraction of sp³-hybridized carbons (Fsp3) is 0.300. The van der Waals surface area contributed by atoms with E-state index in [0.717, 1.165) is 11.3 Å². The maximum atomic E-state index is 11.0. The molecule has 0 atom stereocenters. The molecule has 0 saturated carbocycles. The van der Waals surface area contributed by atoms with Crippen LogP contribution in [0.1, 0.15) is 24.2 Å². The predicted octanol–water partition coefficient (Wildman–Crippen LogP) is 2.21. The van der Waals surface area contributed by atoms with Gasteiger partial charge in [-0.25, -0.2) is 4.98 Å². The molecule has 0 aliphatic heterocycles. The van der Waals surface area contributed by atoms with Crippen molar-refractivity contribution >= 4 is 23.8 Å². The van der Waals surface area contributed by atoms with Crippen molar-refractivity contribution in [3.8, 4) is 0 Å². The van der Waals surface area contributed by atoms with E-state index in [1.54, 1.807) is 25.3 Å². The van der Waals surface area contributed by atoms with Gasteiger partial charge in [-0.1, -0.05) is 0 Å². The van der Waals surface area contributed by atoms with E-state index in [1.165, 1.54) is 18.7 Å². The maximum Gasteiger partial charge on any atom is 0.162 e. The second kappa shape index (κ2) is 7.26. The summed E-state index contributed by atoms with van der Waals surface area (Å²) in [7, 11) is 0. The Balaban J connectivity index is 0.000000500. The van der Waals surface area contributed by atoms with E-state index >= 15 is 0 Å². The SMILES string of the molecule is CC=O.CSc1ncccc1C(C)=O. The first kappa shape index (κ1) is 12.8. The van der Waals surface area contributed by atoms with Crippen LogP contribution in [0.15, 0.2) is 23.4 Å². The number of thioether (sulfide) groups is 1. The normalized spacial score (nSPS) is 8.50. The first-order chi connectivity index (χ1) is 6.67. The molecule has 1 aromatic rings. The Morgan fingerprint density at radius 2 is 2.14 bits per heavy atom. The first-order valence-corrected chi connectivity index (χ1v) is 5.29. The van der Waals surface area contributed by atoms with Gasteiger partial charge in [0, 0.05) is 11.8 Å². The summed E-state index contributed by atoms with van der Waals surface area (Å²) in [5, 5.41) is 0.806. The molecule has 0 N–H and O–H groups in total. The Morgan fingerprint density at radius 1 is 1.57 bits per heavy atom. The summed E-state index contributed by atoms with van der Waals surface area (Å²) < 4.78 is 0. The van der Waals surface area contributed by atoms with Gasteiger partial charge in [-0.2, -0.15) is 0 Å². The van der Waals surface area contributed by atoms with Crippen molar-refractivity contribution in [3.05, 3.63) is 23.9 Å². The highest BCUT2D eigenvalue weighted by Gasteiger charge is 2.04. The minimum atomic E-state index is 0.0717. The third-order valence-corrected chi connectivity index (χ3v) is 2.06. The van der Waals surface area contributed by atoms with Gasteiger partial charge in [0.2, 0.25) is 0 Å². The number of aromatic nitrogens is 1. The number of hydrogen-bond acceptors (Lipinski definition) is 4. The van der Waals surface area contributed by atoms with Crippen LogP contribution in [0.4, 0.5) is 0 Å². The van der Waals surface area contributed by atoms with Crippen LogP contribution in [0.25, 0.3) is 0 Å². The van der Waals surface area contributed by atoms with Crippen molar-refractivity contribution in [1.29, 1.82) is 0 Å².